The maximum atomic E-state index is 14.3. The summed E-state index contributed by atoms with van der Waals surface area (Å²) in [5.41, 5.74) is 0. The lowest BCUT2D eigenvalue weighted by Gasteiger charge is -2.37. The smallest absolute Gasteiger partial charge is 0.460 e. The maximum Gasteiger partial charge on any atom is 0.460 e. The molecule has 5 nitrogen and oxygen atoms in total. The van der Waals surface area contributed by atoms with Crippen molar-refractivity contribution in [2.45, 2.75) is 57.4 Å². The van der Waals surface area contributed by atoms with Gasteiger partial charge in [0.15, 0.2) is 5.78 Å². The third-order valence-corrected chi connectivity index (χ3v) is 3.53. The molecule has 172 valence electrons. The van der Waals surface area contributed by atoms with E-state index in [1.165, 1.54) is 13.8 Å². The van der Waals surface area contributed by atoms with Crippen LogP contribution in [0.1, 0.15) is 27.2 Å². The average Bonchev–Trinajstić information content (AvgIpc) is 2.56. The average molecular weight is 450 g/mol. The summed E-state index contributed by atoms with van der Waals surface area (Å²) in [6.45, 7) is 1.40. The van der Waals surface area contributed by atoms with Crippen LogP contribution in [-0.4, -0.2) is 61.8 Å². The van der Waals surface area contributed by atoms with Crippen LogP contribution in [0.3, 0.4) is 0 Å². The number of carbonyl (C=O) groups is 2. The SMILES string of the molecule is CCOC(OCC)C(=O)C(CCOC(C)=O)C(F)(F)C(F)(F)C(F)(F)C(F)(F)F. The number of esters is 1. The molecule has 0 bridgehead atoms. The van der Waals surface area contributed by atoms with Gasteiger partial charge in [0.1, 0.15) is 0 Å². The molecular weight excluding hydrogens is 431 g/mol. The van der Waals surface area contributed by atoms with Crippen molar-refractivity contribution >= 4 is 11.8 Å². The van der Waals surface area contributed by atoms with Gasteiger partial charge in [-0.25, -0.2) is 0 Å². The zero-order valence-corrected chi connectivity index (χ0v) is 15.4. The van der Waals surface area contributed by atoms with Crippen molar-refractivity contribution in [3.8, 4) is 0 Å². The Morgan fingerprint density at radius 3 is 1.62 bits per heavy atom. The van der Waals surface area contributed by atoms with Crippen molar-refractivity contribution in [2.24, 2.45) is 5.92 Å². The molecule has 0 aliphatic rings. The summed E-state index contributed by atoms with van der Waals surface area (Å²) in [6.07, 6.45) is -10.8. The zero-order valence-electron chi connectivity index (χ0n) is 15.4. The van der Waals surface area contributed by atoms with Crippen LogP contribution >= 0.6 is 0 Å². The molecule has 0 aromatic carbocycles. The summed E-state index contributed by atoms with van der Waals surface area (Å²) in [4.78, 5) is 22.9. The van der Waals surface area contributed by atoms with Crippen molar-refractivity contribution < 1.29 is 63.3 Å². The van der Waals surface area contributed by atoms with E-state index >= 15 is 0 Å². The Balaban J connectivity index is 6.19. The Labute approximate surface area is 159 Å². The molecule has 0 aromatic rings. The molecule has 0 radical (unpaired) electrons. The number of alkyl halides is 9. The highest BCUT2D eigenvalue weighted by Gasteiger charge is 2.83. The highest BCUT2D eigenvalue weighted by atomic mass is 19.4. The number of hydrogen-bond acceptors (Lipinski definition) is 5. The van der Waals surface area contributed by atoms with Gasteiger partial charge in [0.05, 0.1) is 12.5 Å². The topological polar surface area (TPSA) is 61.8 Å². The first-order valence-electron chi connectivity index (χ1n) is 8.09. The summed E-state index contributed by atoms with van der Waals surface area (Å²) in [5.74, 6) is -27.0. The lowest BCUT2D eigenvalue weighted by atomic mass is 9.85. The third kappa shape index (κ3) is 5.96. The summed E-state index contributed by atoms with van der Waals surface area (Å²) in [7, 11) is 0. The van der Waals surface area contributed by atoms with E-state index in [1.54, 1.807) is 0 Å². The Bertz CT molecular complexity index is 557. The van der Waals surface area contributed by atoms with Gasteiger partial charge in [0.2, 0.25) is 6.29 Å². The Morgan fingerprint density at radius 2 is 1.28 bits per heavy atom. The van der Waals surface area contributed by atoms with E-state index < -0.39 is 60.9 Å². The van der Waals surface area contributed by atoms with E-state index in [-0.39, 0.29) is 13.2 Å². The molecule has 0 saturated heterocycles. The first-order valence-corrected chi connectivity index (χ1v) is 8.09. The molecule has 0 spiro atoms. The predicted octanol–water partition coefficient (Wildman–Crippen LogP) is 3.99. The number of Topliss-reactive ketones (excluding diaryl/α,β-unsaturated/α-hetero) is 1. The quantitative estimate of drug-likeness (QED) is 0.256. The first-order chi connectivity index (χ1) is 13.0. The molecule has 0 aliphatic heterocycles. The van der Waals surface area contributed by atoms with Gasteiger partial charge < -0.3 is 14.2 Å². The number of ketones is 1. The van der Waals surface area contributed by atoms with E-state index in [9.17, 15) is 49.1 Å². The largest absolute Gasteiger partial charge is 0.466 e. The lowest BCUT2D eigenvalue weighted by Crippen LogP contribution is -2.64. The minimum absolute atomic E-state index is 0.367. The number of carbonyl (C=O) groups excluding carboxylic acids is 2. The van der Waals surface area contributed by atoms with Crippen LogP contribution in [0.5, 0.6) is 0 Å². The number of hydrogen-bond donors (Lipinski definition) is 0. The summed E-state index contributed by atoms with van der Waals surface area (Å²) >= 11 is 0. The number of halogens is 9. The summed E-state index contributed by atoms with van der Waals surface area (Å²) in [5, 5.41) is 0. The van der Waals surface area contributed by atoms with Crippen LogP contribution in [-0.2, 0) is 23.8 Å². The van der Waals surface area contributed by atoms with Crippen LogP contribution in [0.4, 0.5) is 39.5 Å². The van der Waals surface area contributed by atoms with Crippen LogP contribution in [0.25, 0.3) is 0 Å². The first kappa shape index (κ1) is 27.4. The molecule has 0 amide bonds. The highest BCUT2D eigenvalue weighted by Crippen LogP contribution is 2.56. The van der Waals surface area contributed by atoms with E-state index in [0.717, 1.165) is 6.92 Å². The third-order valence-electron chi connectivity index (χ3n) is 3.53. The normalized spacial score (nSPS) is 14.8. The van der Waals surface area contributed by atoms with Gasteiger partial charge in [-0.05, 0) is 20.3 Å². The monoisotopic (exact) mass is 450 g/mol. The lowest BCUT2D eigenvalue weighted by molar-refractivity contribution is -0.401. The van der Waals surface area contributed by atoms with Gasteiger partial charge in [0.25, 0.3) is 0 Å². The highest BCUT2D eigenvalue weighted by molar-refractivity contribution is 5.85. The van der Waals surface area contributed by atoms with Gasteiger partial charge >= 0.3 is 29.9 Å². The fraction of sp³-hybridized carbons (Fsp3) is 0.867. The molecule has 0 N–H and O–H groups in total. The molecule has 0 aliphatic carbocycles. The number of ether oxygens (including phenoxy) is 3. The second-order valence-corrected chi connectivity index (χ2v) is 5.60. The van der Waals surface area contributed by atoms with Gasteiger partial charge in [-0.3, -0.25) is 9.59 Å². The minimum Gasteiger partial charge on any atom is -0.466 e. The standard InChI is InChI=1S/C15H19F9O5/c1-4-27-11(28-5-2)10(26)9(6-7-29-8(3)25)12(16,17)13(18,19)14(20,21)15(22,23)24/h9,11H,4-7H2,1-3H3. The molecule has 1 atom stereocenters. The summed E-state index contributed by atoms with van der Waals surface area (Å²) in [6, 6.07) is 0. The van der Waals surface area contributed by atoms with E-state index in [0.29, 0.717) is 0 Å². The Kier molecular flexibility index (Phi) is 9.42. The minimum atomic E-state index is -7.17. The molecule has 29 heavy (non-hydrogen) atoms. The summed E-state index contributed by atoms with van der Waals surface area (Å²) < 4.78 is 133. The Morgan fingerprint density at radius 1 is 0.828 bits per heavy atom. The predicted molar refractivity (Wildman–Crippen MR) is 77.7 cm³/mol. The molecule has 0 aromatic heterocycles. The van der Waals surface area contributed by atoms with Crippen LogP contribution in [0.15, 0.2) is 0 Å². The fourth-order valence-corrected chi connectivity index (χ4v) is 2.11. The molecule has 0 rings (SSSR count). The zero-order chi connectivity index (χ0) is 23.3. The van der Waals surface area contributed by atoms with Crippen molar-refractivity contribution in [1.29, 1.82) is 0 Å². The molecule has 1 unspecified atom stereocenters. The molecule has 0 heterocycles. The fourth-order valence-electron chi connectivity index (χ4n) is 2.11. The van der Waals surface area contributed by atoms with Crippen molar-refractivity contribution in [3.05, 3.63) is 0 Å². The van der Waals surface area contributed by atoms with Crippen molar-refractivity contribution in [3.63, 3.8) is 0 Å². The van der Waals surface area contributed by atoms with Gasteiger partial charge in [0, 0.05) is 20.1 Å². The van der Waals surface area contributed by atoms with Gasteiger partial charge in [-0.1, -0.05) is 0 Å². The van der Waals surface area contributed by atoms with Crippen molar-refractivity contribution in [2.75, 3.05) is 19.8 Å². The second kappa shape index (κ2) is 9.96. The molecule has 0 fully saturated rings. The Hall–Kier alpha value is -1.57. The van der Waals surface area contributed by atoms with Gasteiger partial charge in [-0.2, -0.15) is 39.5 Å². The van der Waals surface area contributed by atoms with E-state index in [4.69, 9.17) is 0 Å². The van der Waals surface area contributed by atoms with Crippen molar-refractivity contribution in [1.82, 2.24) is 0 Å². The van der Waals surface area contributed by atoms with Crippen LogP contribution in [0.2, 0.25) is 0 Å². The van der Waals surface area contributed by atoms with Crippen LogP contribution < -0.4 is 0 Å². The number of rotatable bonds is 12. The van der Waals surface area contributed by atoms with E-state index in [1.807, 2.05) is 0 Å². The molecule has 0 saturated carbocycles. The van der Waals surface area contributed by atoms with Crippen LogP contribution in [0, 0.1) is 5.92 Å². The molecule has 14 heteroatoms. The van der Waals surface area contributed by atoms with Gasteiger partial charge in [-0.15, -0.1) is 0 Å². The second-order valence-electron chi connectivity index (χ2n) is 5.60. The maximum absolute atomic E-state index is 14.3. The molecular formula is C15H19F9O5. The van der Waals surface area contributed by atoms with E-state index in [2.05, 4.69) is 14.2 Å².